The van der Waals surface area contributed by atoms with Gasteiger partial charge in [0, 0.05) is 12.2 Å². The van der Waals surface area contributed by atoms with Gasteiger partial charge in [0.05, 0.1) is 6.04 Å². The van der Waals surface area contributed by atoms with E-state index in [1.165, 1.54) is 5.56 Å². The maximum atomic E-state index is 12.7. The lowest BCUT2D eigenvalue weighted by molar-refractivity contribution is -0.130. The van der Waals surface area contributed by atoms with Crippen molar-refractivity contribution in [2.45, 2.75) is 51.7 Å². The summed E-state index contributed by atoms with van der Waals surface area (Å²) in [4.78, 5) is 29.3. The Kier molecular flexibility index (Phi) is 7.41. The molecule has 0 bridgehead atoms. The normalized spacial score (nSPS) is 19.7. The van der Waals surface area contributed by atoms with Crippen molar-refractivity contribution in [2.75, 3.05) is 12.3 Å². The van der Waals surface area contributed by atoms with Crippen LogP contribution in [0.15, 0.2) is 42.5 Å². The molecule has 0 unspecified atom stereocenters. The molecular formula is C23H31N5O2. The van der Waals surface area contributed by atoms with Gasteiger partial charge in [-0.1, -0.05) is 36.4 Å². The molecule has 7 heteroatoms. The van der Waals surface area contributed by atoms with Gasteiger partial charge in [-0.15, -0.1) is 0 Å². The lowest BCUT2D eigenvalue weighted by Crippen LogP contribution is -2.53. The molecule has 0 saturated carbocycles. The van der Waals surface area contributed by atoms with E-state index in [1.54, 1.807) is 13.0 Å². The average molecular weight is 410 g/mol. The summed E-state index contributed by atoms with van der Waals surface area (Å²) in [7, 11) is 0. The van der Waals surface area contributed by atoms with Crippen LogP contribution in [0.25, 0.3) is 0 Å². The average Bonchev–Trinajstić information content (AvgIpc) is 2.73. The van der Waals surface area contributed by atoms with Crippen LogP contribution < -0.4 is 21.7 Å². The number of aromatic nitrogens is 1. The molecule has 2 aromatic rings. The van der Waals surface area contributed by atoms with Gasteiger partial charge in [0.1, 0.15) is 11.9 Å². The molecule has 7 nitrogen and oxygen atoms in total. The second-order valence-electron chi connectivity index (χ2n) is 8.02. The molecule has 0 spiro atoms. The zero-order valence-corrected chi connectivity index (χ0v) is 17.7. The number of hydrogen-bond donors (Lipinski definition) is 4. The largest absolute Gasteiger partial charge is 0.384 e. The first-order valence-corrected chi connectivity index (χ1v) is 10.5. The van der Waals surface area contributed by atoms with Crippen LogP contribution in [0, 0.1) is 12.8 Å². The summed E-state index contributed by atoms with van der Waals surface area (Å²) < 4.78 is 0. The summed E-state index contributed by atoms with van der Waals surface area (Å²) in [6.45, 7) is 4.70. The zero-order chi connectivity index (χ0) is 21.5. The first kappa shape index (κ1) is 21.8. The summed E-state index contributed by atoms with van der Waals surface area (Å²) in [6, 6.07) is 13.0. The van der Waals surface area contributed by atoms with E-state index >= 15 is 0 Å². The molecule has 1 fully saturated rings. The van der Waals surface area contributed by atoms with Crippen molar-refractivity contribution in [3.8, 4) is 0 Å². The fraction of sp³-hybridized carbons (Fsp3) is 0.435. The Morgan fingerprint density at radius 1 is 1.23 bits per heavy atom. The van der Waals surface area contributed by atoms with Crippen LogP contribution in [-0.4, -0.2) is 35.4 Å². The standard InChI is InChI=1S/C23H31N5O2/c1-15-19(8-9-21(24)27-15)14-26-22(29)16(2)28-23(30)20-13-18(10-11-25-20)12-17-6-4-3-5-7-17/h3-9,16,18,20,25H,10-14H2,1-2H3,(H2,24,27)(H,26,29)(H,28,30)/t16-,18+,20+/m0/s1. The Morgan fingerprint density at radius 2 is 2.00 bits per heavy atom. The topological polar surface area (TPSA) is 109 Å². The molecule has 1 aromatic heterocycles. The minimum absolute atomic E-state index is 0.124. The molecule has 1 aromatic carbocycles. The molecule has 1 aliphatic heterocycles. The van der Waals surface area contributed by atoms with Gasteiger partial charge in [-0.2, -0.15) is 0 Å². The SMILES string of the molecule is Cc1nc(N)ccc1CNC(=O)[C@H](C)NC(=O)[C@H]1C[C@@H](Cc2ccccc2)CCN1. The second-order valence-corrected chi connectivity index (χ2v) is 8.02. The number of nitrogens with zero attached hydrogens (tertiary/aromatic N) is 1. The van der Waals surface area contributed by atoms with Crippen molar-refractivity contribution >= 4 is 17.6 Å². The highest BCUT2D eigenvalue weighted by Crippen LogP contribution is 2.21. The van der Waals surface area contributed by atoms with Gasteiger partial charge in [-0.3, -0.25) is 9.59 Å². The van der Waals surface area contributed by atoms with Gasteiger partial charge in [-0.25, -0.2) is 4.98 Å². The number of pyridine rings is 1. The van der Waals surface area contributed by atoms with Crippen molar-refractivity contribution in [3.05, 3.63) is 59.3 Å². The van der Waals surface area contributed by atoms with Gasteiger partial charge in [0.15, 0.2) is 0 Å². The van der Waals surface area contributed by atoms with E-state index in [0.29, 0.717) is 18.3 Å². The number of hydrogen-bond acceptors (Lipinski definition) is 5. The van der Waals surface area contributed by atoms with Gasteiger partial charge in [0.2, 0.25) is 11.8 Å². The maximum Gasteiger partial charge on any atom is 0.242 e. The highest BCUT2D eigenvalue weighted by Gasteiger charge is 2.28. The molecular weight excluding hydrogens is 378 g/mol. The number of anilines is 1. The van der Waals surface area contributed by atoms with Crippen LogP contribution in [-0.2, 0) is 22.6 Å². The van der Waals surface area contributed by atoms with E-state index in [2.05, 4.69) is 33.1 Å². The summed E-state index contributed by atoms with van der Waals surface area (Å²) in [5, 5.41) is 8.98. The number of nitrogens with one attached hydrogen (secondary N) is 3. The van der Waals surface area contributed by atoms with Crippen molar-refractivity contribution in [2.24, 2.45) is 5.92 Å². The summed E-state index contributed by atoms with van der Waals surface area (Å²) in [5.41, 5.74) is 8.63. The Bertz CT molecular complexity index is 871. The number of aryl methyl sites for hydroxylation is 1. The third kappa shape index (κ3) is 6.03. The fourth-order valence-corrected chi connectivity index (χ4v) is 3.84. The third-order valence-electron chi connectivity index (χ3n) is 5.62. The van der Waals surface area contributed by atoms with E-state index in [4.69, 9.17) is 5.73 Å². The first-order valence-electron chi connectivity index (χ1n) is 10.5. The highest BCUT2D eigenvalue weighted by molar-refractivity contribution is 5.89. The van der Waals surface area contributed by atoms with E-state index in [0.717, 1.165) is 37.1 Å². The number of benzene rings is 1. The molecule has 2 heterocycles. The molecule has 0 aliphatic carbocycles. The number of carbonyl (C=O) groups is 2. The smallest absolute Gasteiger partial charge is 0.242 e. The number of piperidine rings is 1. The molecule has 2 amide bonds. The molecule has 160 valence electrons. The van der Waals surface area contributed by atoms with Crippen LogP contribution in [0.2, 0.25) is 0 Å². The highest BCUT2D eigenvalue weighted by atomic mass is 16.2. The van der Waals surface area contributed by atoms with E-state index in [-0.39, 0.29) is 17.9 Å². The van der Waals surface area contributed by atoms with Gasteiger partial charge >= 0.3 is 0 Å². The van der Waals surface area contributed by atoms with Gasteiger partial charge in [-0.05, 0) is 62.8 Å². The third-order valence-corrected chi connectivity index (χ3v) is 5.62. The fourth-order valence-electron chi connectivity index (χ4n) is 3.84. The van der Waals surface area contributed by atoms with Crippen LogP contribution in [0.5, 0.6) is 0 Å². The van der Waals surface area contributed by atoms with Crippen LogP contribution in [0.3, 0.4) is 0 Å². The molecule has 3 rings (SSSR count). The van der Waals surface area contributed by atoms with E-state index < -0.39 is 6.04 Å². The Balaban J connectivity index is 1.47. The van der Waals surface area contributed by atoms with Gasteiger partial charge in [0.25, 0.3) is 0 Å². The number of amides is 2. The molecule has 30 heavy (non-hydrogen) atoms. The van der Waals surface area contributed by atoms with Crippen molar-refractivity contribution < 1.29 is 9.59 Å². The number of nitrogen functional groups attached to an aromatic ring is 1. The molecule has 5 N–H and O–H groups in total. The molecule has 0 radical (unpaired) electrons. The van der Waals surface area contributed by atoms with Crippen molar-refractivity contribution in [1.29, 1.82) is 0 Å². The van der Waals surface area contributed by atoms with E-state index in [9.17, 15) is 9.59 Å². The lowest BCUT2D eigenvalue weighted by Gasteiger charge is -2.30. The predicted octanol–water partition coefficient (Wildman–Crippen LogP) is 1.70. The predicted molar refractivity (Wildman–Crippen MR) is 117 cm³/mol. The Hall–Kier alpha value is -2.93. The number of nitrogens with two attached hydrogens (primary N) is 1. The number of carbonyl (C=O) groups excluding carboxylic acids is 2. The van der Waals surface area contributed by atoms with E-state index in [1.807, 2.05) is 31.2 Å². The summed E-state index contributed by atoms with van der Waals surface area (Å²) in [5.74, 6) is 0.556. The van der Waals surface area contributed by atoms with Crippen LogP contribution in [0.1, 0.15) is 36.6 Å². The second kappa shape index (κ2) is 10.2. The quantitative estimate of drug-likeness (QED) is 0.557. The molecule has 1 saturated heterocycles. The minimum atomic E-state index is -0.615. The summed E-state index contributed by atoms with van der Waals surface area (Å²) in [6.07, 6.45) is 2.78. The zero-order valence-electron chi connectivity index (χ0n) is 17.7. The Labute approximate surface area is 177 Å². The van der Waals surface area contributed by atoms with Crippen molar-refractivity contribution in [3.63, 3.8) is 0 Å². The van der Waals surface area contributed by atoms with Crippen LogP contribution >= 0.6 is 0 Å². The monoisotopic (exact) mass is 409 g/mol. The molecule has 1 aliphatic rings. The first-order chi connectivity index (χ1) is 14.4. The Morgan fingerprint density at radius 3 is 2.73 bits per heavy atom. The van der Waals surface area contributed by atoms with Gasteiger partial charge < -0.3 is 21.7 Å². The lowest BCUT2D eigenvalue weighted by atomic mass is 9.87. The summed E-state index contributed by atoms with van der Waals surface area (Å²) >= 11 is 0. The maximum absolute atomic E-state index is 12.7. The van der Waals surface area contributed by atoms with Crippen LogP contribution in [0.4, 0.5) is 5.82 Å². The minimum Gasteiger partial charge on any atom is -0.384 e. The van der Waals surface area contributed by atoms with Crippen molar-refractivity contribution in [1.82, 2.24) is 20.9 Å². The number of rotatable bonds is 7. The molecule has 3 atom stereocenters.